The number of hydrogen-bond donors (Lipinski definition) is 2. The zero-order valence-electron chi connectivity index (χ0n) is 11.7. The van der Waals surface area contributed by atoms with Crippen molar-refractivity contribution in [3.63, 3.8) is 0 Å². The fourth-order valence-corrected chi connectivity index (χ4v) is 3.31. The molecule has 3 nitrogen and oxygen atoms in total. The molecule has 0 spiro atoms. The summed E-state index contributed by atoms with van der Waals surface area (Å²) in [7, 11) is -4.08. The Morgan fingerprint density at radius 1 is 0.950 bits per heavy atom. The van der Waals surface area contributed by atoms with Crippen LogP contribution in [0.3, 0.4) is 0 Å². The van der Waals surface area contributed by atoms with Gasteiger partial charge < -0.3 is 9.79 Å². The molecule has 0 aromatic heterocycles. The molecule has 0 saturated carbocycles. The normalized spacial score (nSPS) is 11.8. The van der Waals surface area contributed by atoms with Gasteiger partial charge in [-0.25, -0.2) is 0 Å². The molecule has 0 amide bonds. The molecule has 4 heteroatoms. The van der Waals surface area contributed by atoms with Crippen LogP contribution in [0.1, 0.15) is 28.2 Å². The van der Waals surface area contributed by atoms with Gasteiger partial charge in [-0.05, 0) is 25.0 Å². The van der Waals surface area contributed by atoms with E-state index in [2.05, 4.69) is 0 Å². The molecular weight excluding hydrogens is 271 g/mol. The van der Waals surface area contributed by atoms with Crippen LogP contribution in [0.4, 0.5) is 0 Å². The van der Waals surface area contributed by atoms with Crippen LogP contribution in [0, 0.1) is 13.8 Å². The van der Waals surface area contributed by atoms with Crippen molar-refractivity contribution in [2.45, 2.75) is 19.8 Å². The number of benzene rings is 2. The first-order valence-corrected chi connectivity index (χ1v) is 8.32. The van der Waals surface area contributed by atoms with E-state index in [0.29, 0.717) is 0 Å². The first kappa shape index (κ1) is 15.0. The maximum absolute atomic E-state index is 11.5. The van der Waals surface area contributed by atoms with Crippen molar-refractivity contribution in [2.24, 2.45) is 0 Å². The van der Waals surface area contributed by atoms with Crippen molar-refractivity contribution in [2.75, 3.05) is 6.16 Å². The lowest BCUT2D eigenvalue weighted by atomic mass is 9.91. The Morgan fingerprint density at radius 2 is 1.40 bits per heavy atom. The third-order valence-corrected chi connectivity index (χ3v) is 4.15. The average molecular weight is 290 g/mol. The van der Waals surface area contributed by atoms with E-state index in [0.717, 1.165) is 22.3 Å². The number of hydrogen-bond acceptors (Lipinski definition) is 1. The number of aryl methyl sites for hydroxylation is 2. The van der Waals surface area contributed by atoms with Crippen LogP contribution < -0.4 is 0 Å². The third kappa shape index (κ3) is 4.04. The first-order chi connectivity index (χ1) is 9.35. The van der Waals surface area contributed by atoms with Crippen LogP contribution in [0.15, 0.2) is 48.5 Å². The van der Waals surface area contributed by atoms with Crippen molar-refractivity contribution in [1.82, 2.24) is 0 Å². The highest BCUT2D eigenvalue weighted by Gasteiger charge is 2.24. The molecule has 20 heavy (non-hydrogen) atoms. The fraction of sp³-hybridized carbons (Fsp3) is 0.250. The highest BCUT2D eigenvalue weighted by atomic mass is 31.2. The zero-order valence-corrected chi connectivity index (χ0v) is 12.5. The van der Waals surface area contributed by atoms with Crippen molar-refractivity contribution >= 4 is 7.60 Å². The van der Waals surface area contributed by atoms with Gasteiger partial charge >= 0.3 is 7.60 Å². The molecule has 0 bridgehead atoms. The van der Waals surface area contributed by atoms with Gasteiger partial charge in [-0.1, -0.05) is 59.7 Å². The molecule has 0 fully saturated rings. The molecule has 0 aliphatic carbocycles. The summed E-state index contributed by atoms with van der Waals surface area (Å²) in [5.74, 6) is -0.282. The standard InChI is InChI=1S/C16H19O3P/c1-12-5-3-7-14(9-12)16(11-20(17,18)19)15-8-4-6-13(2)10-15/h3-10,16H,11H2,1-2H3,(H2,17,18,19). The Morgan fingerprint density at radius 3 is 1.75 bits per heavy atom. The van der Waals surface area contributed by atoms with Gasteiger partial charge in [0, 0.05) is 5.92 Å². The van der Waals surface area contributed by atoms with Gasteiger partial charge in [-0.2, -0.15) is 0 Å². The van der Waals surface area contributed by atoms with Gasteiger partial charge in [-0.15, -0.1) is 0 Å². The van der Waals surface area contributed by atoms with Gasteiger partial charge in [0.25, 0.3) is 0 Å². The topological polar surface area (TPSA) is 57.5 Å². The molecule has 2 aromatic carbocycles. The molecule has 0 aliphatic heterocycles. The molecule has 106 valence electrons. The van der Waals surface area contributed by atoms with E-state index in [1.165, 1.54) is 0 Å². The van der Waals surface area contributed by atoms with Gasteiger partial charge in [0.15, 0.2) is 0 Å². The van der Waals surface area contributed by atoms with Crippen LogP contribution in [-0.2, 0) is 4.57 Å². The Labute approximate surface area is 119 Å². The van der Waals surface area contributed by atoms with Crippen molar-refractivity contribution in [3.8, 4) is 0 Å². The van der Waals surface area contributed by atoms with E-state index in [-0.39, 0.29) is 12.1 Å². The molecule has 0 saturated heterocycles. The third-order valence-electron chi connectivity index (χ3n) is 3.31. The summed E-state index contributed by atoms with van der Waals surface area (Å²) in [6, 6.07) is 15.6. The Hall–Kier alpha value is -1.41. The lowest BCUT2D eigenvalue weighted by Gasteiger charge is -2.19. The van der Waals surface area contributed by atoms with Crippen LogP contribution in [0.5, 0.6) is 0 Å². The van der Waals surface area contributed by atoms with Gasteiger partial charge in [-0.3, -0.25) is 4.57 Å². The SMILES string of the molecule is Cc1cccc(C(CP(=O)(O)O)c2cccc(C)c2)c1. The fourth-order valence-electron chi connectivity index (χ4n) is 2.41. The minimum absolute atomic E-state index is 0.167. The maximum atomic E-state index is 11.5. The first-order valence-electron chi connectivity index (χ1n) is 6.53. The summed E-state index contributed by atoms with van der Waals surface area (Å²) in [6.45, 7) is 3.96. The molecule has 0 unspecified atom stereocenters. The quantitative estimate of drug-likeness (QED) is 0.846. The summed E-state index contributed by atoms with van der Waals surface area (Å²) in [4.78, 5) is 18.7. The van der Waals surface area contributed by atoms with E-state index >= 15 is 0 Å². The van der Waals surface area contributed by atoms with E-state index in [4.69, 9.17) is 0 Å². The molecule has 2 N–H and O–H groups in total. The second-order valence-electron chi connectivity index (χ2n) is 5.23. The van der Waals surface area contributed by atoms with Gasteiger partial charge in [0.05, 0.1) is 6.16 Å². The summed E-state index contributed by atoms with van der Waals surface area (Å²) in [5, 5.41) is 0. The van der Waals surface area contributed by atoms with E-state index < -0.39 is 7.60 Å². The number of rotatable bonds is 4. The molecule has 0 atom stereocenters. The Balaban J connectivity index is 2.47. The second kappa shape index (κ2) is 5.92. The van der Waals surface area contributed by atoms with E-state index in [1.807, 2.05) is 62.4 Å². The average Bonchev–Trinajstić information content (AvgIpc) is 2.35. The monoisotopic (exact) mass is 290 g/mol. The predicted octanol–water partition coefficient (Wildman–Crippen LogP) is 3.61. The Kier molecular flexibility index (Phi) is 4.44. The molecule has 0 heterocycles. The minimum atomic E-state index is -4.08. The second-order valence-corrected chi connectivity index (χ2v) is 6.92. The van der Waals surface area contributed by atoms with Gasteiger partial charge in [0.2, 0.25) is 0 Å². The van der Waals surface area contributed by atoms with Crippen LogP contribution in [0.2, 0.25) is 0 Å². The molecular formula is C16H19O3P. The summed E-state index contributed by atoms with van der Waals surface area (Å²) >= 11 is 0. The summed E-state index contributed by atoms with van der Waals surface area (Å²) in [6.07, 6.45) is -0.167. The van der Waals surface area contributed by atoms with Gasteiger partial charge in [0.1, 0.15) is 0 Å². The van der Waals surface area contributed by atoms with Crippen molar-refractivity contribution in [1.29, 1.82) is 0 Å². The van der Waals surface area contributed by atoms with Crippen LogP contribution in [-0.4, -0.2) is 15.9 Å². The van der Waals surface area contributed by atoms with Crippen molar-refractivity contribution in [3.05, 3.63) is 70.8 Å². The Bertz CT molecular complexity index is 600. The van der Waals surface area contributed by atoms with Crippen LogP contribution in [0.25, 0.3) is 0 Å². The smallest absolute Gasteiger partial charge is 0.324 e. The molecule has 0 radical (unpaired) electrons. The summed E-state index contributed by atoms with van der Waals surface area (Å²) in [5.41, 5.74) is 4.06. The maximum Gasteiger partial charge on any atom is 0.326 e. The van der Waals surface area contributed by atoms with Crippen molar-refractivity contribution < 1.29 is 14.4 Å². The van der Waals surface area contributed by atoms with E-state index in [1.54, 1.807) is 0 Å². The lowest BCUT2D eigenvalue weighted by Crippen LogP contribution is -2.07. The van der Waals surface area contributed by atoms with Crippen LogP contribution >= 0.6 is 7.60 Å². The van der Waals surface area contributed by atoms with E-state index in [9.17, 15) is 14.4 Å². The predicted molar refractivity (Wildman–Crippen MR) is 81.1 cm³/mol. The zero-order chi connectivity index (χ0) is 14.8. The molecule has 0 aliphatic rings. The highest BCUT2D eigenvalue weighted by molar-refractivity contribution is 7.51. The lowest BCUT2D eigenvalue weighted by molar-refractivity contribution is 0.370. The molecule has 2 rings (SSSR count). The summed E-state index contributed by atoms with van der Waals surface area (Å²) < 4.78 is 11.5. The molecule has 2 aromatic rings. The highest BCUT2D eigenvalue weighted by Crippen LogP contribution is 2.42. The largest absolute Gasteiger partial charge is 0.326 e. The minimum Gasteiger partial charge on any atom is -0.324 e.